The molecule has 0 aliphatic heterocycles. The first-order chi connectivity index (χ1) is 6.20. The van der Waals surface area contributed by atoms with E-state index in [0.29, 0.717) is 11.6 Å². The van der Waals surface area contributed by atoms with Crippen LogP contribution in [0.25, 0.3) is 0 Å². The lowest BCUT2D eigenvalue weighted by Gasteiger charge is -2.14. The van der Waals surface area contributed by atoms with Crippen LogP contribution in [-0.2, 0) is 0 Å². The summed E-state index contributed by atoms with van der Waals surface area (Å²) in [6.45, 7) is 0. The van der Waals surface area contributed by atoms with Gasteiger partial charge in [-0.15, -0.1) is 0 Å². The van der Waals surface area contributed by atoms with E-state index in [1.54, 1.807) is 4.57 Å². The molecule has 1 heterocycles. The summed E-state index contributed by atoms with van der Waals surface area (Å²) in [5.41, 5.74) is 0. The second kappa shape index (κ2) is 3.46. The molecule has 0 unspecified atom stereocenters. The quantitative estimate of drug-likeness (QED) is 0.714. The summed E-state index contributed by atoms with van der Waals surface area (Å²) in [6, 6.07) is -0.174. The smallest absolute Gasteiger partial charge is 0.166 e. The van der Waals surface area contributed by atoms with E-state index in [-0.39, 0.29) is 11.2 Å². The Labute approximate surface area is 85.7 Å². The highest BCUT2D eigenvalue weighted by Gasteiger charge is 2.30. The van der Waals surface area contributed by atoms with Crippen LogP contribution in [0.1, 0.15) is 25.3 Å². The minimum Gasteiger partial charge on any atom is -0.314 e. The topological polar surface area (TPSA) is 17.8 Å². The van der Waals surface area contributed by atoms with Gasteiger partial charge in [0.1, 0.15) is 11.3 Å². The highest BCUT2D eigenvalue weighted by molar-refractivity contribution is 6.40. The summed E-state index contributed by atoms with van der Waals surface area (Å²) in [5, 5.41) is 0.594. The van der Waals surface area contributed by atoms with Gasteiger partial charge >= 0.3 is 0 Å². The third-order valence-corrected chi connectivity index (χ3v) is 3.19. The molecule has 1 aliphatic rings. The second-order valence-corrected chi connectivity index (χ2v) is 3.96. The lowest BCUT2D eigenvalue weighted by atomic mass is 10.2. The van der Waals surface area contributed by atoms with Crippen LogP contribution >= 0.6 is 23.2 Å². The zero-order valence-corrected chi connectivity index (χ0v) is 8.39. The third kappa shape index (κ3) is 1.55. The van der Waals surface area contributed by atoms with Gasteiger partial charge in [-0.3, -0.25) is 0 Å². The zero-order chi connectivity index (χ0) is 9.42. The zero-order valence-electron chi connectivity index (χ0n) is 6.88. The second-order valence-electron chi connectivity index (χ2n) is 3.25. The van der Waals surface area contributed by atoms with Crippen LogP contribution in [0, 0.1) is 0 Å². The van der Waals surface area contributed by atoms with Crippen molar-refractivity contribution in [2.45, 2.75) is 31.5 Å². The van der Waals surface area contributed by atoms with Crippen LogP contribution < -0.4 is 0 Å². The molecule has 0 N–H and O–H groups in total. The van der Waals surface area contributed by atoms with Crippen molar-refractivity contribution in [1.29, 1.82) is 0 Å². The minimum atomic E-state index is -0.817. The molecule has 2 atom stereocenters. The Kier molecular flexibility index (Phi) is 2.47. The maximum atomic E-state index is 13.3. The van der Waals surface area contributed by atoms with E-state index in [4.69, 9.17) is 23.2 Å². The first-order valence-corrected chi connectivity index (χ1v) is 4.97. The van der Waals surface area contributed by atoms with Gasteiger partial charge in [-0.1, -0.05) is 23.2 Å². The van der Waals surface area contributed by atoms with Crippen molar-refractivity contribution in [2.24, 2.45) is 0 Å². The monoisotopic (exact) mass is 222 g/mol. The number of aromatic nitrogens is 2. The van der Waals surface area contributed by atoms with E-state index in [1.807, 2.05) is 0 Å². The largest absolute Gasteiger partial charge is 0.314 e. The predicted molar refractivity (Wildman–Crippen MR) is 50.0 cm³/mol. The lowest BCUT2D eigenvalue weighted by Crippen LogP contribution is -2.13. The Morgan fingerprint density at radius 3 is 2.69 bits per heavy atom. The molecule has 0 spiro atoms. The fourth-order valence-electron chi connectivity index (χ4n) is 1.76. The SMILES string of the molecule is F[C@@H]1CCC[C@H]1n1cnc(Cl)c1Cl. The highest BCUT2D eigenvalue weighted by Crippen LogP contribution is 2.36. The van der Waals surface area contributed by atoms with Crippen molar-refractivity contribution >= 4 is 23.2 Å². The van der Waals surface area contributed by atoms with E-state index in [9.17, 15) is 4.39 Å². The molecule has 72 valence electrons. The van der Waals surface area contributed by atoms with Crippen molar-refractivity contribution in [2.75, 3.05) is 0 Å². The van der Waals surface area contributed by atoms with E-state index in [2.05, 4.69) is 4.98 Å². The maximum absolute atomic E-state index is 13.3. The molecular weight excluding hydrogens is 214 g/mol. The summed E-state index contributed by atoms with van der Waals surface area (Å²) in [7, 11) is 0. The fraction of sp³-hybridized carbons (Fsp3) is 0.625. The number of imidazole rings is 1. The molecule has 2 nitrogen and oxygen atoms in total. The van der Waals surface area contributed by atoms with Gasteiger partial charge in [0.25, 0.3) is 0 Å². The van der Waals surface area contributed by atoms with Gasteiger partial charge in [-0.05, 0) is 19.3 Å². The average molecular weight is 223 g/mol. The maximum Gasteiger partial charge on any atom is 0.166 e. The number of hydrogen-bond acceptors (Lipinski definition) is 1. The van der Waals surface area contributed by atoms with Crippen molar-refractivity contribution in [3.63, 3.8) is 0 Å². The van der Waals surface area contributed by atoms with Gasteiger partial charge in [0.2, 0.25) is 0 Å². The van der Waals surface area contributed by atoms with E-state index in [1.165, 1.54) is 6.33 Å². The fourth-order valence-corrected chi connectivity index (χ4v) is 2.12. The predicted octanol–water partition coefficient (Wildman–Crippen LogP) is 3.25. The summed E-state index contributed by atoms with van der Waals surface area (Å²) in [6.07, 6.45) is 3.01. The van der Waals surface area contributed by atoms with Crippen LogP contribution in [0.4, 0.5) is 4.39 Å². The summed E-state index contributed by atoms with van der Waals surface area (Å²) < 4.78 is 14.9. The molecule has 0 aromatic carbocycles. The van der Waals surface area contributed by atoms with Crippen LogP contribution in [0.2, 0.25) is 10.3 Å². The molecule has 2 rings (SSSR count). The number of alkyl halides is 1. The Morgan fingerprint density at radius 1 is 1.46 bits per heavy atom. The molecule has 1 aromatic rings. The molecule has 13 heavy (non-hydrogen) atoms. The van der Waals surface area contributed by atoms with Crippen LogP contribution in [-0.4, -0.2) is 15.7 Å². The van der Waals surface area contributed by atoms with Gasteiger partial charge in [0, 0.05) is 0 Å². The van der Waals surface area contributed by atoms with Gasteiger partial charge in [-0.2, -0.15) is 0 Å². The lowest BCUT2D eigenvalue weighted by molar-refractivity contribution is 0.263. The molecule has 5 heteroatoms. The molecule has 1 fully saturated rings. The summed E-state index contributed by atoms with van der Waals surface area (Å²) in [5.74, 6) is 0. The van der Waals surface area contributed by atoms with E-state index >= 15 is 0 Å². The van der Waals surface area contributed by atoms with Gasteiger partial charge in [0.05, 0.1) is 12.4 Å². The number of rotatable bonds is 1. The Morgan fingerprint density at radius 2 is 2.23 bits per heavy atom. The van der Waals surface area contributed by atoms with Gasteiger partial charge in [0.15, 0.2) is 5.15 Å². The Balaban J connectivity index is 2.29. The van der Waals surface area contributed by atoms with Gasteiger partial charge in [-0.25, -0.2) is 9.37 Å². The van der Waals surface area contributed by atoms with Crippen LogP contribution in [0.3, 0.4) is 0 Å². The Hall–Kier alpha value is -0.280. The molecule has 1 saturated carbocycles. The van der Waals surface area contributed by atoms with E-state index < -0.39 is 6.17 Å². The van der Waals surface area contributed by atoms with Crippen LogP contribution in [0.5, 0.6) is 0 Å². The molecule has 0 radical (unpaired) electrons. The first-order valence-electron chi connectivity index (χ1n) is 4.22. The molecule has 0 amide bonds. The number of halogens is 3. The number of hydrogen-bond donors (Lipinski definition) is 0. The first kappa shape index (κ1) is 9.28. The van der Waals surface area contributed by atoms with Crippen LogP contribution in [0.15, 0.2) is 6.33 Å². The third-order valence-electron chi connectivity index (χ3n) is 2.45. The molecule has 0 saturated heterocycles. The number of nitrogens with zero attached hydrogens (tertiary/aromatic N) is 2. The summed E-state index contributed by atoms with van der Waals surface area (Å²) in [4.78, 5) is 3.82. The molecule has 1 aromatic heterocycles. The van der Waals surface area contributed by atoms with Gasteiger partial charge < -0.3 is 4.57 Å². The van der Waals surface area contributed by atoms with E-state index in [0.717, 1.165) is 12.8 Å². The van der Waals surface area contributed by atoms with Crippen molar-refractivity contribution < 1.29 is 4.39 Å². The Bertz CT molecular complexity index is 313. The van der Waals surface area contributed by atoms with Crippen molar-refractivity contribution in [3.05, 3.63) is 16.6 Å². The van der Waals surface area contributed by atoms with Crippen molar-refractivity contribution in [1.82, 2.24) is 9.55 Å². The highest BCUT2D eigenvalue weighted by atomic mass is 35.5. The summed E-state index contributed by atoms with van der Waals surface area (Å²) >= 11 is 11.5. The normalized spacial score (nSPS) is 28.2. The molecular formula is C8H9Cl2FN2. The molecule has 1 aliphatic carbocycles. The average Bonchev–Trinajstić information content (AvgIpc) is 2.62. The standard InChI is InChI=1S/C8H9Cl2FN2/c9-7-8(10)13(4-12-7)6-3-1-2-5(6)11/h4-6H,1-3H2/t5-,6-/m1/s1. The molecule has 0 bridgehead atoms. The van der Waals surface area contributed by atoms with Crippen molar-refractivity contribution in [3.8, 4) is 0 Å². The minimum absolute atomic E-state index is 0.174.